The predicted molar refractivity (Wildman–Crippen MR) is 108 cm³/mol. The van der Waals surface area contributed by atoms with Gasteiger partial charge in [0.2, 0.25) is 0 Å². The summed E-state index contributed by atoms with van der Waals surface area (Å²) >= 11 is 2.97. The Labute approximate surface area is 159 Å². The van der Waals surface area contributed by atoms with E-state index in [0.717, 1.165) is 37.1 Å². The van der Waals surface area contributed by atoms with Gasteiger partial charge in [0.1, 0.15) is 5.01 Å². The third kappa shape index (κ3) is 3.06. The highest BCUT2D eigenvalue weighted by Crippen LogP contribution is 2.34. The van der Waals surface area contributed by atoms with Gasteiger partial charge in [-0.25, -0.2) is 0 Å². The molecule has 0 N–H and O–H groups in total. The van der Waals surface area contributed by atoms with Gasteiger partial charge in [-0.05, 0) is 18.6 Å². The lowest BCUT2D eigenvalue weighted by Crippen LogP contribution is -2.05. The molecule has 4 rings (SSSR count). The number of carbonyl (C=O) groups is 1. The number of Topliss-reactive ketones (excluding diaryl/α,β-unsaturated/α-hetero) is 1. The van der Waals surface area contributed by atoms with E-state index in [2.05, 4.69) is 20.8 Å². The van der Waals surface area contributed by atoms with Gasteiger partial charge in [-0.3, -0.25) is 4.79 Å². The first kappa shape index (κ1) is 17.0. The summed E-state index contributed by atoms with van der Waals surface area (Å²) in [6.45, 7) is 1.92. The fourth-order valence-corrected chi connectivity index (χ4v) is 4.83. The summed E-state index contributed by atoms with van der Waals surface area (Å²) in [5, 5.41) is 10.0. The maximum Gasteiger partial charge on any atom is 0.175 e. The van der Waals surface area contributed by atoms with Crippen molar-refractivity contribution in [1.29, 1.82) is 0 Å². The number of aromatic nitrogens is 3. The monoisotopic (exact) mass is 379 g/mol. The molecule has 4 nitrogen and oxygen atoms in total. The number of hydrogen-bond acceptors (Lipinski definition) is 5. The second kappa shape index (κ2) is 7.05. The van der Waals surface area contributed by atoms with Gasteiger partial charge in [-0.2, -0.15) is 0 Å². The predicted octanol–water partition coefficient (Wildman–Crippen LogP) is 4.98. The lowest BCUT2D eigenvalue weighted by atomic mass is 10.0. The van der Waals surface area contributed by atoms with E-state index in [1.54, 1.807) is 0 Å². The molecule has 0 saturated carbocycles. The van der Waals surface area contributed by atoms with Crippen molar-refractivity contribution in [3.8, 4) is 11.3 Å². The van der Waals surface area contributed by atoms with Crippen molar-refractivity contribution < 1.29 is 4.79 Å². The number of fused-ring (bicyclic) bond motifs is 1. The molecule has 130 valence electrons. The molecule has 0 saturated heterocycles. The summed E-state index contributed by atoms with van der Waals surface area (Å²) in [5.74, 6) is 0.459. The number of rotatable bonds is 5. The van der Waals surface area contributed by atoms with Crippen molar-refractivity contribution in [2.45, 2.75) is 11.3 Å². The van der Waals surface area contributed by atoms with Gasteiger partial charge in [0.05, 0.1) is 17.0 Å². The zero-order chi connectivity index (χ0) is 18.1. The summed E-state index contributed by atoms with van der Waals surface area (Å²) in [4.78, 5) is 13.2. The highest BCUT2D eigenvalue weighted by Gasteiger charge is 2.22. The van der Waals surface area contributed by atoms with E-state index in [4.69, 9.17) is 0 Å². The van der Waals surface area contributed by atoms with Gasteiger partial charge in [-0.15, -0.1) is 10.2 Å². The molecule has 0 unspecified atom stereocenters. The van der Waals surface area contributed by atoms with Gasteiger partial charge in [0, 0.05) is 18.0 Å². The third-order valence-electron chi connectivity index (χ3n) is 4.27. The molecule has 6 heteroatoms. The Bertz CT molecular complexity index is 1080. The van der Waals surface area contributed by atoms with E-state index in [1.165, 1.54) is 23.1 Å². The first-order chi connectivity index (χ1) is 12.6. The van der Waals surface area contributed by atoms with Crippen LogP contribution in [0.25, 0.3) is 22.2 Å². The first-order valence-corrected chi connectivity index (χ1v) is 10.0. The normalized spacial score (nSPS) is 11.2. The molecular weight excluding hydrogens is 362 g/mol. The number of aryl methyl sites for hydroxylation is 2. The van der Waals surface area contributed by atoms with Gasteiger partial charge in [0.15, 0.2) is 10.1 Å². The van der Waals surface area contributed by atoms with Crippen LogP contribution in [0.4, 0.5) is 0 Å². The second-order valence-corrected chi connectivity index (χ2v) is 8.37. The molecular formula is C20H17N3OS2. The Hall–Kier alpha value is -2.44. The minimum atomic E-state index is 0.110. The van der Waals surface area contributed by atoms with Crippen LogP contribution in [0.15, 0.2) is 58.9 Å². The molecule has 26 heavy (non-hydrogen) atoms. The number of nitrogens with zero attached hydrogens (tertiary/aromatic N) is 3. The standard InChI is InChI=1S/C20H17N3OS2/c1-13-21-22-20(26-13)25-12-17(24)18-15-10-6-7-11-16(15)23(2)19(18)14-8-4-3-5-9-14/h3-11H,12H2,1-2H3. The lowest BCUT2D eigenvalue weighted by Gasteiger charge is -2.07. The van der Waals surface area contributed by atoms with Crippen molar-refractivity contribution in [2.24, 2.45) is 7.05 Å². The summed E-state index contributed by atoms with van der Waals surface area (Å²) < 4.78 is 2.94. The topological polar surface area (TPSA) is 47.8 Å². The van der Waals surface area contributed by atoms with Crippen molar-refractivity contribution in [2.75, 3.05) is 5.75 Å². The quantitative estimate of drug-likeness (QED) is 0.362. The van der Waals surface area contributed by atoms with E-state index < -0.39 is 0 Å². The number of hydrogen-bond donors (Lipinski definition) is 0. The average molecular weight is 380 g/mol. The maximum absolute atomic E-state index is 13.2. The fraction of sp³-hybridized carbons (Fsp3) is 0.150. The molecule has 0 radical (unpaired) electrons. The van der Waals surface area contributed by atoms with Gasteiger partial charge in [0.25, 0.3) is 0 Å². The summed E-state index contributed by atoms with van der Waals surface area (Å²) in [7, 11) is 2.02. The van der Waals surface area contributed by atoms with Crippen LogP contribution in [0.2, 0.25) is 0 Å². The lowest BCUT2D eigenvalue weighted by molar-refractivity contribution is 0.102. The molecule has 0 fully saturated rings. The molecule has 2 heterocycles. The van der Waals surface area contributed by atoms with Crippen LogP contribution in [0.1, 0.15) is 15.4 Å². The van der Waals surface area contributed by atoms with E-state index >= 15 is 0 Å². The molecule has 2 aromatic heterocycles. The smallest absolute Gasteiger partial charge is 0.175 e. The Morgan fingerprint density at radius 2 is 1.81 bits per heavy atom. The molecule has 0 amide bonds. The molecule has 0 aliphatic carbocycles. The zero-order valence-corrected chi connectivity index (χ0v) is 16.1. The van der Waals surface area contributed by atoms with Crippen molar-refractivity contribution in [3.05, 3.63) is 65.2 Å². The SMILES string of the molecule is Cc1nnc(SCC(=O)c2c(-c3ccccc3)n(C)c3ccccc23)s1. The summed E-state index contributed by atoms with van der Waals surface area (Å²) in [6.07, 6.45) is 0. The molecule has 4 aromatic rings. The number of para-hydroxylation sites is 1. The van der Waals surface area contributed by atoms with Crippen molar-refractivity contribution in [1.82, 2.24) is 14.8 Å². The van der Waals surface area contributed by atoms with E-state index in [1.807, 2.05) is 62.5 Å². The van der Waals surface area contributed by atoms with E-state index in [0.29, 0.717) is 5.75 Å². The number of benzene rings is 2. The van der Waals surface area contributed by atoms with Crippen LogP contribution in [0.3, 0.4) is 0 Å². The maximum atomic E-state index is 13.2. The van der Waals surface area contributed by atoms with Crippen LogP contribution >= 0.6 is 23.1 Å². The molecule has 0 spiro atoms. The summed E-state index contributed by atoms with van der Waals surface area (Å²) in [5.41, 5.74) is 3.85. The zero-order valence-electron chi connectivity index (χ0n) is 14.5. The highest BCUT2D eigenvalue weighted by molar-refractivity contribution is 8.01. The molecule has 0 aliphatic heterocycles. The number of carbonyl (C=O) groups excluding carboxylic acids is 1. The minimum Gasteiger partial charge on any atom is -0.343 e. The molecule has 0 atom stereocenters. The summed E-state index contributed by atoms with van der Waals surface area (Å²) in [6, 6.07) is 18.1. The van der Waals surface area contributed by atoms with Crippen LogP contribution in [-0.2, 0) is 7.05 Å². The molecule has 0 bridgehead atoms. The van der Waals surface area contributed by atoms with Crippen LogP contribution < -0.4 is 0 Å². The van der Waals surface area contributed by atoms with Crippen LogP contribution in [-0.4, -0.2) is 26.3 Å². The fourth-order valence-electron chi connectivity index (χ4n) is 3.15. The Kier molecular flexibility index (Phi) is 4.61. The first-order valence-electron chi connectivity index (χ1n) is 8.24. The molecule has 0 aliphatic rings. The minimum absolute atomic E-state index is 0.110. The largest absolute Gasteiger partial charge is 0.343 e. The highest BCUT2D eigenvalue weighted by atomic mass is 32.2. The number of ketones is 1. The van der Waals surface area contributed by atoms with E-state index in [9.17, 15) is 4.79 Å². The van der Waals surface area contributed by atoms with Gasteiger partial charge >= 0.3 is 0 Å². The van der Waals surface area contributed by atoms with Crippen LogP contribution in [0.5, 0.6) is 0 Å². The number of thioether (sulfide) groups is 1. The third-order valence-corrected chi connectivity index (χ3v) is 6.24. The van der Waals surface area contributed by atoms with Crippen molar-refractivity contribution >= 4 is 39.8 Å². The van der Waals surface area contributed by atoms with E-state index in [-0.39, 0.29) is 5.78 Å². The Morgan fingerprint density at radius 3 is 2.54 bits per heavy atom. The second-order valence-electron chi connectivity index (χ2n) is 5.96. The molecule has 2 aromatic carbocycles. The average Bonchev–Trinajstić information content (AvgIpc) is 3.22. The van der Waals surface area contributed by atoms with Crippen molar-refractivity contribution in [3.63, 3.8) is 0 Å². The van der Waals surface area contributed by atoms with Gasteiger partial charge < -0.3 is 4.57 Å². The Balaban J connectivity index is 1.78. The Morgan fingerprint density at radius 1 is 1.08 bits per heavy atom. The van der Waals surface area contributed by atoms with Gasteiger partial charge in [-0.1, -0.05) is 71.6 Å². The van der Waals surface area contributed by atoms with Crippen LogP contribution in [0, 0.1) is 6.92 Å².